The molecule has 1 fully saturated rings. The molecule has 2 heterocycles. The van der Waals surface area contributed by atoms with Crippen LogP contribution in [0.1, 0.15) is 5.69 Å². The van der Waals surface area contributed by atoms with Gasteiger partial charge in [-0.1, -0.05) is 17.7 Å². The lowest BCUT2D eigenvalue weighted by Gasteiger charge is -2.29. The zero-order valence-electron chi connectivity index (χ0n) is 14.8. The van der Waals surface area contributed by atoms with Crippen molar-refractivity contribution in [3.8, 4) is 5.69 Å². The summed E-state index contributed by atoms with van der Waals surface area (Å²) in [5, 5.41) is 0.965. The average molecular weight is 391 g/mol. The number of fused-ring (bicyclic) bond motifs is 1. The second-order valence-electron chi connectivity index (χ2n) is 6.33. The molecule has 0 aliphatic carbocycles. The van der Waals surface area contributed by atoms with E-state index in [-0.39, 0.29) is 10.8 Å². The fourth-order valence-electron chi connectivity index (χ4n) is 3.68. The molecule has 0 N–H and O–H groups in total. The second-order valence-corrected chi connectivity index (χ2v) is 7.58. The Hall–Kier alpha value is -1.69. The Morgan fingerprint density at radius 1 is 1.15 bits per heavy atom. The van der Waals surface area contributed by atoms with Crippen molar-refractivity contribution in [2.24, 2.45) is 0 Å². The van der Waals surface area contributed by atoms with Gasteiger partial charge in [0.2, 0.25) is 0 Å². The molecule has 0 bridgehead atoms. The Morgan fingerprint density at radius 2 is 1.92 bits per heavy atom. The predicted molar refractivity (Wildman–Crippen MR) is 108 cm³/mol. The van der Waals surface area contributed by atoms with Crippen LogP contribution in [0.3, 0.4) is 0 Å². The summed E-state index contributed by atoms with van der Waals surface area (Å²) in [6.45, 7) is 4.96. The quantitative estimate of drug-likeness (QED) is 0.566. The molecule has 0 spiro atoms. The molecule has 0 amide bonds. The number of benzene rings is 2. The van der Waals surface area contributed by atoms with Gasteiger partial charge in [0, 0.05) is 34.8 Å². The number of ether oxygens (including phenoxy) is 1. The van der Waals surface area contributed by atoms with Crippen molar-refractivity contribution < 1.29 is 9.13 Å². The third-order valence-electron chi connectivity index (χ3n) is 4.87. The van der Waals surface area contributed by atoms with Crippen LogP contribution in [0.25, 0.3) is 16.6 Å². The molecule has 0 radical (unpaired) electrons. The van der Waals surface area contributed by atoms with Gasteiger partial charge in [-0.2, -0.15) is 0 Å². The predicted octanol–water partition coefficient (Wildman–Crippen LogP) is 5.29. The minimum atomic E-state index is -0.385. The molecular formula is C20H20ClFN2OS. The van der Waals surface area contributed by atoms with E-state index in [0.29, 0.717) is 13.2 Å². The lowest BCUT2D eigenvalue weighted by Crippen LogP contribution is -2.36. The standard InChI is InChI=1S/C20H20ClFN2OS/c1-13-20(23-8-10-25-11-9-23)18-17(7-6-16(22)19(18)21)24(13)14-4-3-5-15(12-14)26-2/h3-7,12H,8-11H2,1-2H3. The van der Waals surface area contributed by atoms with E-state index >= 15 is 0 Å². The van der Waals surface area contributed by atoms with Crippen molar-refractivity contribution in [3.05, 3.63) is 52.9 Å². The van der Waals surface area contributed by atoms with Crippen LogP contribution >= 0.6 is 23.4 Å². The molecule has 26 heavy (non-hydrogen) atoms. The molecule has 0 saturated carbocycles. The summed E-state index contributed by atoms with van der Waals surface area (Å²) in [6, 6.07) is 11.6. The number of rotatable bonds is 3. The lowest BCUT2D eigenvalue weighted by molar-refractivity contribution is 0.123. The van der Waals surface area contributed by atoms with Crippen LogP contribution in [0.15, 0.2) is 41.3 Å². The number of aromatic nitrogens is 1. The average Bonchev–Trinajstić information content (AvgIpc) is 2.98. The molecule has 136 valence electrons. The monoisotopic (exact) mass is 390 g/mol. The first kappa shape index (κ1) is 17.7. The summed E-state index contributed by atoms with van der Waals surface area (Å²) in [7, 11) is 0. The molecule has 1 aromatic heterocycles. The number of hydrogen-bond acceptors (Lipinski definition) is 3. The minimum Gasteiger partial charge on any atom is -0.378 e. The second kappa shape index (κ2) is 7.14. The number of halogens is 2. The summed E-state index contributed by atoms with van der Waals surface area (Å²) in [4.78, 5) is 3.44. The maximum atomic E-state index is 14.3. The van der Waals surface area contributed by atoms with E-state index in [2.05, 4.69) is 40.8 Å². The van der Waals surface area contributed by atoms with Crippen LogP contribution in [0.4, 0.5) is 10.1 Å². The van der Waals surface area contributed by atoms with E-state index in [4.69, 9.17) is 16.3 Å². The van der Waals surface area contributed by atoms with Gasteiger partial charge in [0.25, 0.3) is 0 Å². The van der Waals surface area contributed by atoms with Crippen LogP contribution in [0, 0.1) is 12.7 Å². The lowest BCUT2D eigenvalue weighted by atomic mass is 10.2. The highest BCUT2D eigenvalue weighted by Gasteiger charge is 2.25. The number of morpholine rings is 1. The van der Waals surface area contributed by atoms with Gasteiger partial charge in [0.05, 0.1) is 29.4 Å². The normalized spacial score (nSPS) is 15.0. The number of thioether (sulfide) groups is 1. The molecule has 0 atom stereocenters. The summed E-state index contributed by atoms with van der Waals surface area (Å²) in [6.07, 6.45) is 2.06. The highest BCUT2D eigenvalue weighted by Crippen LogP contribution is 2.41. The highest BCUT2D eigenvalue weighted by atomic mass is 35.5. The Morgan fingerprint density at radius 3 is 2.65 bits per heavy atom. The first-order valence-electron chi connectivity index (χ1n) is 8.58. The van der Waals surface area contributed by atoms with Gasteiger partial charge in [-0.3, -0.25) is 0 Å². The Labute approximate surface area is 161 Å². The first-order valence-corrected chi connectivity index (χ1v) is 10.2. The molecule has 3 nitrogen and oxygen atoms in total. The molecule has 6 heteroatoms. The van der Waals surface area contributed by atoms with Crippen LogP contribution in [0.5, 0.6) is 0 Å². The fraction of sp³-hybridized carbons (Fsp3) is 0.300. The van der Waals surface area contributed by atoms with Gasteiger partial charge in [0.1, 0.15) is 5.82 Å². The van der Waals surface area contributed by atoms with Gasteiger partial charge < -0.3 is 14.2 Å². The largest absolute Gasteiger partial charge is 0.378 e. The van der Waals surface area contributed by atoms with Crippen LogP contribution in [-0.2, 0) is 4.74 Å². The molecule has 0 unspecified atom stereocenters. The highest BCUT2D eigenvalue weighted by molar-refractivity contribution is 7.98. The third kappa shape index (κ3) is 2.88. The van der Waals surface area contributed by atoms with Gasteiger partial charge >= 0.3 is 0 Å². The number of anilines is 1. The van der Waals surface area contributed by atoms with E-state index in [1.807, 2.05) is 12.1 Å². The van der Waals surface area contributed by atoms with Crippen molar-refractivity contribution in [2.45, 2.75) is 11.8 Å². The maximum Gasteiger partial charge on any atom is 0.142 e. The van der Waals surface area contributed by atoms with Gasteiger partial charge in [0.15, 0.2) is 0 Å². The van der Waals surface area contributed by atoms with Gasteiger partial charge in [-0.25, -0.2) is 4.39 Å². The van der Waals surface area contributed by atoms with Crippen molar-refractivity contribution >= 4 is 40.0 Å². The Balaban J connectivity index is 2.01. The summed E-state index contributed by atoms with van der Waals surface area (Å²) in [5.41, 5.74) is 4.05. The van der Waals surface area contributed by atoms with Crippen molar-refractivity contribution in [3.63, 3.8) is 0 Å². The fourth-order valence-corrected chi connectivity index (χ4v) is 4.38. The molecular weight excluding hydrogens is 371 g/mol. The number of hydrogen-bond donors (Lipinski definition) is 0. The summed E-state index contributed by atoms with van der Waals surface area (Å²) >= 11 is 8.13. The molecule has 1 aliphatic rings. The van der Waals surface area contributed by atoms with Crippen LogP contribution < -0.4 is 4.90 Å². The van der Waals surface area contributed by atoms with E-state index < -0.39 is 0 Å². The third-order valence-corrected chi connectivity index (χ3v) is 5.96. The summed E-state index contributed by atoms with van der Waals surface area (Å²) < 4.78 is 21.9. The molecule has 1 aliphatic heterocycles. The maximum absolute atomic E-state index is 14.3. The molecule has 2 aromatic carbocycles. The summed E-state index contributed by atoms with van der Waals surface area (Å²) in [5.74, 6) is -0.385. The van der Waals surface area contributed by atoms with E-state index in [0.717, 1.165) is 41.1 Å². The zero-order valence-corrected chi connectivity index (χ0v) is 16.3. The topological polar surface area (TPSA) is 17.4 Å². The van der Waals surface area contributed by atoms with Crippen molar-refractivity contribution in [1.29, 1.82) is 0 Å². The molecule has 4 rings (SSSR count). The first-order chi connectivity index (χ1) is 12.6. The van der Waals surface area contributed by atoms with E-state index in [9.17, 15) is 4.39 Å². The SMILES string of the molecule is CSc1cccc(-n2c(C)c(N3CCOCC3)c3c(Cl)c(F)ccc32)c1. The smallest absolute Gasteiger partial charge is 0.142 e. The zero-order chi connectivity index (χ0) is 18.3. The Kier molecular flexibility index (Phi) is 4.86. The van der Waals surface area contributed by atoms with Crippen LogP contribution in [0.2, 0.25) is 5.02 Å². The molecule has 3 aromatic rings. The van der Waals surface area contributed by atoms with E-state index in [1.54, 1.807) is 11.8 Å². The molecule has 1 saturated heterocycles. The van der Waals surface area contributed by atoms with Crippen molar-refractivity contribution in [2.75, 3.05) is 37.5 Å². The van der Waals surface area contributed by atoms with Crippen molar-refractivity contribution in [1.82, 2.24) is 4.57 Å². The van der Waals surface area contributed by atoms with Gasteiger partial charge in [-0.15, -0.1) is 11.8 Å². The van der Waals surface area contributed by atoms with E-state index in [1.165, 1.54) is 11.0 Å². The number of nitrogens with zero attached hydrogens (tertiary/aromatic N) is 2. The Bertz CT molecular complexity index is 966. The minimum absolute atomic E-state index is 0.187. The van der Waals surface area contributed by atoms with Crippen LogP contribution in [-0.4, -0.2) is 37.1 Å². The van der Waals surface area contributed by atoms with Gasteiger partial charge in [-0.05, 0) is 43.5 Å².